The molecular weight excluding hydrogens is 286 g/mol. The van der Waals surface area contributed by atoms with Crippen molar-refractivity contribution in [1.82, 2.24) is 10.3 Å². The molecule has 1 aromatic heterocycles. The summed E-state index contributed by atoms with van der Waals surface area (Å²) in [5, 5.41) is 20.6. The molecular formula is C11H15N3O5S. The van der Waals surface area contributed by atoms with Gasteiger partial charge in [-0.1, -0.05) is 11.3 Å². The number of nitrogens with zero attached hydrogens (tertiary/aromatic N) is 2. The largest absolute Gasteiger partial charge is 0.481 e. The van der Waals surface area contributed by atoms with Crippen LogP contribution in [0.5, 0.6) is 0 Å². The molecule has 0 aliphatic heterocycles. The lowest BCUT2D eigenvalue weighted by Crippen LogP contribution is -2.41. The van der Waals surface area contributed by atoms with E-state index in [1.165, 1.54) is 6.20 Å². The van der Waals surface area contributed by atoms with E-state index in [2.05, 4.69) is 10.3 Å². The number of aromatic nitrogens is 1. The first-order chi connectivity index (χ1) is 9.31. The Hall–Kier alpha value is -2.16. The molecule has 1 aromatic rings. The predicted molar refractivity (Wildman–Crippen MR) is 72.2 cm³/mol. The molecule has 1 amide bonds. The number of carboxylic acids is 2. The molecule has 9 heteroatoms. The van der Waals surface area contributed by atoms with Gasteiger partial charge in [0.2, 0.25) is 0 Å². The number of nitrogens with one attached hydrogen (secondary N) is 1. The van der Waals surface area contributed by atoms with Crippen molar-refractivity contribution in [1.29, 1.82) is 0 Å². The quantitative estimate of drug-likeness (QED) is 0.660. The van der Waals surface area contributed by atoms with Crippen LogP contribution in [0.4, 0.5) is 5.00 Å². The summed E-state index contributed by atoms with van der Waals surface area (Å²) in [6.07, 6.45) is 0.993. The van der Waals surface area contributed by atoms with Crippen molar-refractivity contribution in [3.63, 3.8) is 0 Å². The third-order valence-electron chi connectivity index (χ3n) is 2.38. The summed E-state index contributed by atoms with van der Waals surface area (Å²) < 4.78 is 0. The number of hydrogen-bond acceptors (Lipinski definition) is 6. The van der Waals surface area contributed by atoms with Gasteiger partial charge in [-0.25, -0.2) is 9.78 Å². The van der Waals surface area contributed by atoms with E-state index in [0.29, 0.717) is 0 Å². The average molecular weight is 301 g/mol. The van der Waals surface area contributed by atoms with Crippen LogP contribution in [0.1, 0.15) is 22.6 Å². The number of rotatable bonds is 7. The highest BCUT2D eigenvalue weighted by atomic mass is 32.1. The number of aliphatic carboxylic acids is 2. The van der Waals surface area contributed by atoms with Gasteiger partial charge >= 0.3 is 11.9 Å². The van der Waals surface area contributed by atoms with E-state index in [9.17, 15) is 14.4 Å². The van der Waals surface area contributed by atoms with Crippen LogP contribution in [-0.2, 0) is 9.59 Å². The van der Waals surface area contributed by atoms with Gasteiger partial charge in [0.15, 0.2) is 5.01 Å². The first-order valence-electron chi connectivity index (χ1n) is 5.70. The van der Waals surface area contributed by atoms with Crippen molar-refractivity contribution in [2.75, 3.05) is 19.0 Å². The van der Waals surface area contributed by atoms with Crippen LogP contribution in [0.3, 0.4) is 0 Å². The maximum absolute atomic E-state index is 11.8. The molecule has 0 radical (unpaired) electrons. The Morgan fingerprint density at radius 1 is 1.40 bits per heavy atom. The van der Waals surface area contributed by atoms with E-state index in [1.807, 2.05) is 0 Å². The summed E-state index contributed by atoms with van der Waals surface area (Å²) in [6.45, 7) is 0. The summed E-state index contributed by atoms with van der Waals surface area (Å²) in [4.78, 5) is 38.9. The molecule has 110 valence electrons. The van der Waals surface area contributed by atoms with Crippen molar-refractivity contribution < 1.29 is 24.6 Å². The van der Waals surface area contributed by atoms with E-state index >= 15 is 0 Å². The summed E-state index contributed by atoms with van der Waals surface area (Å²) in [7, 11) is 3.59. The smallest absolute Gasteiger partial charge is 0.326 e. The second kappa shape index (κ2) is 6.85. The Morgan fingerprint density at radius 2 is 2.05 bits per heavy atom. The lowest BCUT2D eigenvalue weighted by Gasteiger charge is -2.12. The molecule has 20 heavy (non-hydrogen) atoms. The number of carbonyl (C=O) groups excluding carboxylic acids is 1. The van der Waals surface area contributed by atoms with Gasteiger partial charge in [0, 0.05) is 20.5 Å². The van der Waals surface area contributed by atoms with E-state index in [1.54, 1.807) is 19.0 Å². The van der Waals surface area contributed by atoms with Crippen molar-refractivity contribution in [2.45, 2.75) is 18.9 Å². The minimum Gasteiger partial charge on any atom is -0.481 e. The summed E-state index contributed by atoms with van der Waals surface area (Å²) in [5.41, 5.74) is 0. The first-order valence-corrected chi connectivity index (χ1v) is 6.51. The van der Waals surface area contributed by atoms with Gasteiger partial charge in [0.1, 0.15) is 11.0 Å². The van der Waals surface area contributed by atoms with Gasteiger partial charge in [-0.3, -0.25) is 9.59 Å². The second-order valence-corrected chi connectivity index (χ2v) is 5.20. The fourth-order valence-corrected chi connectivity index (χ4v) is 2.07. The molecule has 8 nitrogen and oxygen atoms in total. The number of amides is 1. The van der Waals surface area contributed by atoms with Crippen LogP contribution in [0.2, 0.25) is 0 Å². The second-order valence-electron chi connectivity index (χ2n) is 4.19. The molecule has 0 aliphatic rings. The maximum Gasteiger partial charge on any atom is 0.326 e. The molecule has 0 unspecified atom stereocenters. The third kappa shape index (κ3) is 4.50. The van der Waals surface area contributed by atoms with Crippen LogP contribution in [0, 0.1) is 0 Å². The van der Waals surface area contributed by atoms with E-state index in [-0.39, 0.29) is 17.8 Å². The number of thiazole rings is 1. The molecule has 0 aromatic carbocycles. The van der Waals surface area contributed by atoms with Gasteiger partial charge in [-0.15, -0.1) is 0 Å². The van der Waals surface area contributed by atoms with Crippen LogP contribution >= 0.6 is 11.3 Å². The average Bonchev–Trinajstić information content (AvgIpc) is 2.83. The lowest BCUT2D eigenvalue weighted by atomic mass is 10.1. The zero-order valence-electron chi connectivity index (χ0n) is 11.0. The summed E-state index contributed by atoms with van der Waals surface area (Å²) >= 11 is 1.12. The number of hydrogen-bond donors (Lipinski definition) is 3. The molecule has 1 heterocycles. The predicted octanol–water partition coefficient (Wildman–Crippen LogP) is 0.257. The van der Waals surface area contributed by atoms with Gasteiger partial charge < -0.3 is 20.4 Å². The van der Waals surface area contributed by atoms with Crippen molar-refractivity contribution in [3.8, 4) is 0 Å². The topological polar surface area (TPSA) is 120 Å². The Labute approximate surface area is 119 Å². The highest BCUT2D eigenvalue weighted by Gasteiger charge is 2.23. The highest BCUT2D eigenvalue weighted by Crippen LogP contribution is 2.21. The summed E-state index contributed by atoms with van der Waals surface area (Å²) in [5.74, 6) is -3.01. The third-order valence-corrected chi connectivity index (χ3v) is 3.54. The highest BCUT2D eigenvalue weighted by molar-refractivity contribution is 7.17. The van der Waals surface area contributed by atoms with Crippen molar-refractivity contribution >= 4 is 34.2 Å². The Morgan fingerprint density at radius 3 is 2.50 bits per heavy atom. The van der Waals surface area contributed by atoms with E-state index < -0.39 is 23.9 Å². The summed E-state index contributed by atoms with van der Waals surface area (Å²) in [6, 6.07) is -1.25. The molecule has 0 saturated carbocycles. The van der Waals surface area contributed by atoms with Crippen LogP contribution in [0.15, 0.2) is 6.20 Å². The molecule has 3 N–H and O–H groups in total. The van der Waals surface area contributed by atoms with Crippen molar-refractivity contribution in [2.24, 2.45) is 0 Å². The fourth-order valence-electron chi connectivity index (χ4n) is 1.32. The number of anilines is 1. The van der Waals surface area contributed by atoms with Crippen LogP contribution in [0.25, 0.3) is 0 Å². The molecule has 0 fully saturated rings. The molecule has 0 spiro atoms. The number of carboxylic acid groups (broad SMARTS) is 2. The first kappa shape index (κ1) is 15.9. The van der Waals surface area contributed by atoms with Gasteiger partial charge in [0.25, 0.3) is 5.91 Å². The molecule has 1 rings (SSSR count). The minimum atomic E-state index is -1.27. The van der Waals surface area contributed by atoms with Crippen molar-refractivity contribution in [3.05, 3.63) is 11.2 Å². The van der Waals surface area contributed by atoms with Crippen LogP contribution < -0.4 is 10.2 Å². The van der Waals surface area contributed by atoms with Gasteiger partial charge in [-0.2, -0.15) is 0 Å². The minimum absolute atomic E-state index is 0.135. The monoisotopic (exact) mass is 301 g/mol. The number of carbonyl (C=O) groups is 3. The van der Waals surface area contributed by atoms with E-state index in [0.717, 1.165) is 16.3 Å². The Balaban J connectivity index is 2.69. The molecule has 1 atom stereocenters. The molecule has 0 aliphatic carbocycles. The van der Waals surface area contributed by atoms with Gasteiger partial charge in [-0.05, 0) is 6.42 Å². The normalized spacial score (nSPS) is 11.7. The van der Waals surface area contributed by atoms with E-state index in [4.69, 9.17) is 10.2 Å². The lowest BCUT2D eigenvalue weighted by molar-refractivity contribution is -0.140. The standard InChI is InChI=1S/C11H15N3O5S/c1-14(2)7-5-12-10(20-7)9(17)13-6(11(18)19)3-4-8(15)16/h5-6H,3-4H2,1-2H3,(H,13,17)(H,15,16)(H,18,19)/t6-/m1/s1. The fraction of sp³-hybridized carbons (Fsp3) is 0.455. The molecule has 0 saturated heterocycles. The maximum atomic E-state index is 11.8. The zero-order chi connectivity index (χ0) is 15.3. The van der Waals surface area contributed by atoms with Gasteiger partial charge in [0.05, 0.1) is 6.20 Å². The Kier molecular flexibility index (Phi) is 5.44. The molecule has 0 bridgehead atoms. The SMILES string of the molecule is CN(C)c1cnc(C(=O)N[C@H](CCC(=O)O)C(=O)O)s1. The van der Waals surface area contributed by atoms with Crippen LogP contribution in [-0.4, -0.2) is 53.2 Å². The zero-order valence-corrected chi connectivity index (χ0v) is 11.8. The Bertz CT molecular complexity index is 514.